The second-order valence-electron chi connectivity index (χ2n) is 6.17. The average molecular weight is 355 g/mol. The number of nitrogens with zero attached hydrogens (tertiary/aromatic N) is 1. The molecule has 0 spiro atoms. The van der Waals surface area contributed by atoms with Crippen molar-refractivity contribution in [3.05, 3.63) is 22.2 Å². The molecule has 1 fully saturated rings. The number of halogens is 1. The fourth-order valence-electron chi connectivity index (χ4n) is 2.92. The zero-order chi connectivity index (χ0) is 14.9. The fraction of sp³-hybridized carbons (Fsp3) is 0.625. The second-order valence-corrected chi connectivity index (χ2v) is 7.03. The number of ether oxygens (including phenoxy) is 2. The van der Waals surface area contributed by atoms with Gasteiger partial charge in [-0.2, -0.15) is 0 Å². The minimum Gasteiger partial charge on any atom is -0.486 e. The first kappa shape index (κ1) is 15.1. The predicted molar refractivity (Wildman–Crippen MR) is 87.1 cm³/mol. The van der Waals surface area contributed by atoms with Gasteiger partial charge in [-0.1, -0.05) is 15.9 Å². The van der Waals surface area contributed by atoms with E-state index < -0.39 is 0 Å². The number of piperidine rings is 1. The molecule has 1 N–H and O–H groups in total. The Bertz CT molecular complexity index is 513. The van der Waals surface area contributed by atoms with Crippen molar-refractivity contribution in [3.63, 3.8) is 0 Å². The van der Waals surface area contributed by atoms with Crippen LogP contribution in [0.5, 0.6) is 11.5 Å². The van der Waals surface area contributed by atoms with Crippen molar-refractivity contribution in [2.45, 2.75) is 31.8 Å². The first-order valence-corrected chi connectivity index (χ1v) is 8.38. The third-order valence-electron chi connectivity index (χ3n) is 4.67. The van der Waals surface area contributed by atoms with E-state index in [9.17, 15) is 0 Å². The molecular weight excluding hydrogens is 332 g/mol. The summed E-state index contributed by atoms with van der Waals surface area (Å²) in [6.45, 7) is 6.78. The number of hydrogen-bond donors (Lipinski definition) is 1. The van der Waals surface area contributed by atoms with Gasteiger partial charge in [0.1, 0.15) is 13.2 Å². The van der Waals surface area contributed by atoms with Crippen LogP contribution in [0.25, 0.3) is 0 Å². The van der Waals surface area contributed by atoms with E-state index in [0.29, 0.717) is 18.8 Å². The van der Waals surface area contributed by atoms with E-state index in [4.69, 9.17) is 9.47 Å². The Balaban J connectivity index is 1.68. The third-order valence-corrected chi connectivity index (χ3v) is 5.41. The Kier molecular flexibility index (Phi) is 4.43. The van der Waals surface area contributed by atoms with E-state index >= 15 is 0 Å². The van der Waals surface area contributed by atoms with Crippen LogP contribution in [0.1, 0.15) is 25.3 Å². The summed E-state index contributed by atoms with van der Waals surface area (Å²) >= 11 is 3.66. The summed E-state index contributed by atoms with van der Waals surface area (Å²) in [6.07, 6.45) is 2.37. The molecule has 0 amide bonds. The molecule has 2 aliphatic heterocycles. The molecule has 0 atom stereocenters. The van der Waals surface area contributed by atoms with Crippen LogP contribution in [0.4, 0.5) is 0 Å². The van der Waals surface area contributed by atoms with Crippen LogP contribution >= 0.6 is 15.9 Å². The lowest BCUT2D eigenvalue weighted by Gasteiger charge is -2.39. The zero-order valence-electron chi connectivity index (χ0n) is 12.7. The van der Waals surface area contributed by atoms with Gasteiger partial charge in [0.15, 0.2) is 11.5 Å². The highest BCUT2D eigenvalue weighted by Crippen LogP contribution is 2.36. The highest BCUT2D eigenvalue weighted by atomic mass is 79.9. The van der Waals surface area contributed by atoms with Crippen LogP contribution in [0, 0.1) is 0 Å². The van der Waals surface area contributed by atoms with Crippen molar-refractivity contribution >= 4 is 15.9 Å². The minimum atomic E-state index is 0.292. The molecule has 21 heavy (non-hydrogen) atoms. The number of hydrogen-bond acceptors (Lipinski definition) is 4. The van der Waals surface area contributed by atoms with E-state index in [-0.39, 0.29) is 0 Å². The normalized spacial score (nSPS) is 21.3. The van der Waals surface area contributed by atoms with Crippen LogP contribution in [0.2, 0.25) is 0 Å². The van der Waals surface area contributed by atoms with Crippen molar-refractivity contribution in [1.82, 2.24) is 10.2 Å². The molecule has 3 rings (SSSR count). The van der Waals surface area contributed by atoms with Gasteiger partial charge in [-0.3, -0.25) is 4.90 Å². The van der Waals surface area contributed by atoms with E-state index in [1.165, 1.54) is 18.4 Å². The van der Waals surface area contributed by atoms with Crippen molar-refractivity contribution in [2.75, 3.05) is 33.4 Å². The maximum Gasteiger partial charge on any atom is 0.162 e. The standard InChI is InChI=1S/C16H23BrN2O2/c1-16(18-2)3-5-19(6-4-16)11-12-9-14-15(10-13(12)17)21-8-7-20-14/h9-10,18H,3-8,11H2,1-2H3. The molecule has 1 aromatic carbocycles. The molecule has 2 heterocycles. The summed E-state index contributed by atoms with van der Waals surface area (Å²) in [5, 5.41) is 3.44. The highest BCUT2D eigenvalue weighted by Gasteiger charge is 2.28. The van der Waals surface area contributed by atoms with Crippen molar-refractivity contribution in [1.29, 1.82) is 0 Å². The first-order chi connectivity index (χ1) is 10.1. The Hall–Kier alpha value is -0.780. The smallest absolute Gasteiger partial charge is 0.162 e. The van der Waals surface area contributed by atoms with E-state index in [2.05, 4.69) is 46.2 Å². The fourth-order valence-corrected chi connectivity index (χ4v) is 3.37. The summed E-state index contributed by atoms with van der Waals surface area (Å²) in [5.41, 5.74) is 1.56. The largest absolute Gasteiger partial charge is 0.486 e. The predicted octanol–water partition coefficient (Wildman–Crippen LogP) is 2.79. The Labute approximate surface area is 134 Å². The average Bonchev–Trinajstić information content (AvgIpc) is 2.50. The van der Waals surface area contributed by atoms with Crippen molar-refractivity contribution in [2.24, 2.45) is 0 Å². The Morgan fingerprint density at radius 2 is 1.81 bits per heavy atom. The Morgan fingerprint density at radius 1 is 1.19 bits per heavy atom. The Morgan fingerprint density at radius 3 is 2.43 bits per heavy atom. The van der Waals surface area contributed by atoms with E-state index in [1.54, 1.807) is 0 Å². The van der Waals surface area contributed by atoms with Gasteiger partial charge in [-0.15, -0.1) is 0 Å². The SMILES string of the molecule is CNC1(C)CCN(Cc2cc3c(cc2Br)OCCO3)CC1. The number of likely N-dealkylation sites (tertiary alicyclic amines) is 1. The molecule has 2 aliphatic rings. The van der Waals surface area contributed by atoms with E-state index in [0.717, 1.165) is 35.6 Å². The number of rotatable bonds is 3. The molecule has 0 aliphatic carbocycles. The maximum atomic E-state index is 5.68. The molecule has 0 radical (unpaired) electrons. The topological polar surface area (TPSA) is 33.7 Å². The molecular formula is C16H23BrN2O2. The summed E-state index contributed by atoms with van der Waals surface area (Å²) in [6, 6.07) is 4.15. The van der Waals surface area contributed by atoms with Crippen LogP contribution in [-0.4, -0.2) is 43.8 Å². The van der Waals surface area contributed by atoms with Crippen LogP contribution in [0.3, 0.4) is 0 Å². The highest BCUT2D eigenvalue weighted by molar-refractivity contribution is 9.10. The number of nitrogens with one attached hydrogen (secondary N) is 1. The maximum absolute atomic E-state index is 5.68. The molecule has 1 saturated heterocycles. The zero-order valence-corrected chi connectivity index (χ0v) is 14.3. The number of benzene rings is 1. The summed E-state index contributed by atoms with van der Waals surface area (Å²) in [7, 11) is 2.06. The quantitative estimate of drug-likeness (QED) is 0.904. The lowest BCUT2D eigenvalue weighted by Crippen LogP contribution is -2.49. The van der Waals surface area contributed by atoms with Gasteiger partial charge < -0.3 is 14.8 Å². The molecule has 4 nitrogen and oxygen atoms in total. The summed E-state index contributed by atoms with van der Waals surface area (Å²) < 4.78 is 12.4. The van der Waals surface area contributed by atoms with Crippen LogP contribution in [0.15, 0.2) is 16.6 Å². The van der Waals surface area contributed by atoms with E-state index in [1.807, 2.05) is 6.07 Å². The van der Waals surface area contributed by atoms with Crippen molar-refractivity contribution in [3.8, 4) is 11.5 Å². The molecule has 116 valence electrons. The monoisotopic (exact) mass is 354 g/mol. The van der Waals surface area contributed by atoms with Gasteiger partial charge in [-0.05, 0) is 44.5 Å². The minimum absolute atomic E-state index is 0.292. The lowest BCUT2D eigenvalue weighted by molar-refractivity contribution is 0.145. The van der Waals surface area contributed by atoms with Gasteiger partial charge in [0, 0.05) is 29.6 Å². The van der Waals surface area contributed by atoms with Gasteiger partial charge >= 0.3 is 0 Å². The second kappa shape index (κ2) is 6.15. The lowest BCUT2D eigenvalue weighted by atomic mass is 9.90. The first-order valence-electron chi connectivity index (χ1n) is 7.59. The molecule has 0 unspecified atom stereocenters. The molecule has 0 saturated carbocycles. The van der Waals surface area contributed by atoms with Gasteiger partial charge in [-0.25, -0.2) is 0 Å². The van der Waals surface area contributed by atoms with Gasteiger partial charge in [0.25, 0.3) is 0 Å². The summed E-state index contributed by atoms with van der Waals surface area (Å²) in [4.78, 5) is 2.51. The molecule has 5 heteroatoms. The van der Waals surface area contributed by atoms with Crippen LogP contribution in [-0.2, 0) is 6.54 Å². The molecule has 1 aromatic rings. The third kappa shape index (κ3) is 3.35. The number of fused-ring (bicyclic) bond motifs is 1. The summed E-state index contributed by atoms with van der Waals surface area (Å²) in [5.74, 6) is 1.72. The molecule has 0 aromatic heterocycles. The molecule has 0 bridgehead atoms. The van der Waals surface area contributed by atoms with Gasteiger partial charge in [0.05, 0.1) is 0 Å². The van der Waals surface area contributed by atoms with Gasteiger partial charge in [0.2, 0.25) is 0 Å². The van der Waals surface area contributed by atoms with Crippen LogP contribution < -0.4 is 14.8 Å². The van der Waals surface area contributed by atoms with Crippen molar-refractivity contribution < 1.29 is 9.47 Å².